The molecule has 0 spiro atoms. The van der Waals surface area contributed by atoms with Crippen LogP contribution in [0.15, 0.2) is 127 Å². The molecule has 0 aliphatic carbocycles. The smallest absolute Gasteiger partial charge is 0.269 e. The number of aromatic nitrogens is 6. The highest BCUT2D eigenvalue weighted by molar-refractivity contribution is 7.90. The minimum Gasteiger partial charge on any atom is -0.375 e. The predicted molar refractivity (Wildman–Crippen MR) is 178 cm³/mol. The molecule has 7 rings (SSSR count). The number of aryl methyl sites for hydroxylation is 1. The molecule has 0 fully saturated rings. The maximum absolute atomic E-state index is 13.9. The first kappa shape index (κ1) is 30.3. The van der Waals surface area contributed by atoms with Crippen molar-refractivity contribution in [3.05, 3.63) is 145 Å². The van der Waals surface area contributed by atoms with Crippen LogP contribution >= 0.6 is 0 Å². The summed E-state index contributed by atoms with van der Waals surface area (Å²) >= 11 is 0. The molecule has 0 aliphatic heterocycles. The number of halogens is 1. The van der Waals surface area contributed by atoms with Crippen molar-refractivity contribution < 1.29 is 17.5 Å². The zero-order valence-corrected chi connectivity index (χ0v) is 26.4. The Bertz CT molecular complexity index is 2280. The largest absolute Gasteiger partial charge is 0.375 e. The van der Waals surface area contributed by atoms with Gasteiger partial charge in [0.25, 0.3) is 10.0 Å². The van der Waals surface area contributed by atoms with Crippen LogP contribution in [0.25, 0.3) is 33.3 Å². The van der Waals surface area contributed by atoms with Crippen molar-refractivity contribution in [1.29, 1.82) is 0 Å². The van der Waals surface area contributed by atoms with E-state index in [-0.39, 0.29) is 10.7 Å². The maximum Gasteiger partial charge on any atom is 0.269 e. The number of hydrogen-bond acceptors (Lipinski definition) is 6. The third-order valence-electron chi connectivity index (χ3n) is 7.91. The first-order valence-electron chi connectivity index (χ1n) is 15.1. The van der Waals surface area contributed by atoms with Crippen molar-refractivity contribution in [3.63, 3.8) is 0 Å². The summed E-state index contributed by atoms with van der Waals surface area (Å²) in [5.74, 6) is -0.319. The molecule has 0 amide bonds. The Hall–Kier alpha value is -5.39. The van der Waals surface area contributed by atoms with Crippen LogP contribution < -0.4 is 0 Å². The molecule has 0 saturated carbocycles. The van der Waals surface area contributed by atoms with Crippen LogP contribution in [0.5, 0.6) is 0 Å². The molecular formula is C36H31FN6O3S. The molecule has 0 N–H and O–H groups in total. The summed E-state index contributed by atoms with van der Waals surface area (Å²) < 4.78 is 52.2. The van der Waals surface area contributed by atoms with E-state index in [9.17, 15) is 12.8 Å². The molecule has 0 aliphatic rings. The molecule has 0 unspecified atom stereocenters. The van der Waals surface area contributed by atoms with E-state index in [1.165, 1.54) is 16.1 Å². The van der Waals surface area contributed by atoms with Crippen LogP contribution in [0.1, 0.15) is 16.7 Å². The Kier molecular flexibility index (Phi) is 8.23. The molecule has 0 radical (unpaired) electrons. The van der Waals surface area contributed by atoms with Gasteiger partial charge in [-0.2, -0.15) is 10.2 Å². The molecule has 7 aromatic rings. The van der Waals surface area contributed by atoms with Gasteiger partial charge >= 0.3 is 0 Å². The minimum absolute atomic E-state index is 0.162. The van der Waals surface area contributed by atoms with Crippen molar-refractivity contribution >= 4 is 21.1 Å². The highest BCUT2D eigenvalue weighted by atomic mass is 32.2. The molecule has 236 valence electrons. The number of hydrogen-bond donors (Lipinski definition) is 0. The zero-order valence-electron chi connectivity index (χ0n) is 25.6. The van der Waals surface area contributed by atoms with E-state index in [0.717, 1.165) is 27.8 Å². The van der Waals surface area contributed by atoms with Gasteiger partial charge in [0.2, 0.25) is 0 Å². The fraction of sp³-hybridized carbons (Fsp3) is 0.139. The quantitative estimate of drug-likeness (QED) is 0.145. The number of nitrogens with zero attached hydrogens (tertiary/aromatic N) is 6. The van der Waals surface area contributed by atoms with Gasteiger partial charge in [0.1, 0.15) is 5.82 Å². The zero-order chi connectivity index (χ0) is 32.4. The number of fused-ring (bicyclic) bond motifs is 1. The van der Waals surface area contributed by atoms with Crippen LogP contribution in [0.2, 0.25) is 0 Å². The fourth-order valence-corrected chi connectivity index (χ4v) is 6.77. The van der Waals surface area contributed by atoms with E-state index < -0.39 is 10.0 Å². The first-order chi connectivity index (χ1) is 22.8. The lowest BCUT2D eigenvalue weighted by atomic mass is 10.1. The fourth-order valence-electron chi connectivity index (χ4n) is 5.44. The van der Waals surface area contributed by atoms with E-state index in [4.69, 9.17) is 4.74 Å². The van der Waals surface area contributed by atoms with Gasteiger partial charge in [0.05, 0.1) is 43.6 Å². The summed E-state index contributed by atoms with van der Waals surface area (Å²) in [6.45, 7) is 3.86. The van der Waals surface area contributed by atoms with Crippen LogP contribution in [0.4, 0.5) is 4.39 Å². The number of rotatable bonds is 11. The highest BCUT2D eigenvalue weighted by Crippen LogP contribution is 2.34. The van der Waals surface area contributed by atoms with E-state index in [1.54, 1.807) is 59.8 Å². The molecule has 4 heterocycles. The van der Waals surface area contributed by atoms with Crippen molar-refractivity contribution in [2.45, 2.75) is 31.5 Å². The Morgan fingerprint density at radius 2 is 1.51 bits per heavy atom. The molecule has 3 aromatic carbocycles. The summed E-state index contributed by atoms with van der Waals surface area (Å²) in [6.07, 6.45) is 10.4. The number of benzene rings is 3. The molecule has 11 heteroatoms. The van der Waals surface area contributed by atoms with Gasteiger partial charge in [-0.15, -0.1) is 0 Å². The Balaban J connectivity index is 1.21. The lowest BCUT2D eigenvalue weighted by Crippen LogP contribution is -2.12. The van der Waals surface area contributed by atoms with E-state index >= 15 is 0 Å². The first-order valence-corrected chi connectivity index (χ1v) is 16.5. The van der Waals surface area contributed by atoms with Crippen LogP contribution in [0.3, 0.4) is 0 Å². The monoisotopic (exact) mass is 646 g/mol. The topological polar surface area (TPSA) is 96.8 Å². The van der Waals surface area contributed by atoms with Gasteiger partial charge < -0.3 is 4.74 Å². The summed E-state index contributed by atoms with van der Waals surface area (Å²) in [4.78, 5) is 4.83. The summed E-state index contributed by atoms with van der Waals surface area (Å²) in [7, 11) is -3.97. The lowest BCUT2D eigenvalue weighted by Gasteiger charge is -2.07. The van der Waals surface area contributed by atoms with Crippen molar-refractivity contribution in [1.82, 2.24) is 28.5 Å². The van der Waals surface area contributed by atoms with Crippen LogP contribution in [0, 0.1) is 12.7 Å². The molecule has 9 nitrogen and oxygen atoms in total. The second-order valence-corrected chi connectivity index (χ2v) is 13.2. The lowest BCUT2D eigenvalue weighted by molar-refractivity contribution is 0.111. The second-order valence-electron chi connectivity index (χ2n) is 11.3. The van der Waals surface area contributed by atoms with E-state index in [2.05, 4.69) is 15.2 Å². The molecule has 0 saturated heterocycles. The van der Waals surface area contributed by atoms with Gasteiger partial charge in [-0.05, 0) is 48.4 Å². The number of pyridine rings is 1. The third kappa shape index (κ3) is 6.49. The minimum atomic E-state index is -3.97. The van der Waals surface area contributed by atoms with E-state index in [1.807, 2.05) is 66.5 Å². The SMILES string of the molecule is Cc1ccc(S(=O)(=O)n2cc(-c3cnn(Cc4cccc(F)c4)c3)c3cc(-c4cnn(CCOCc5ccccc5)c4)cnc32)cc1. The van der Waals surface area contributed by atoms with Crippen LogP contribution in [-0.2, 0) is 34.5 Å². The summed E-state index contributed by atoms with van der Waals surface area (Å²) in [5.41, 5.74) is 6.10. The summed E-state index contributed by atoms with van der Waals surface area (Å²) in [5, 5.41) is 9.64. The van der Waals surface area contributed by atoms with Gasteiger partial charge in [-0.1, -0.05) is 60.2 Å². The Morgan fingerprint density at radius 3 is 2.32 bits per heavy atom. The van der Waals surface area contributed by atoms with Gasteiger partial charge in [-0.3, -0.25) is 9.36 Å². The maximum atomic E-state index is 13.9. The van der Waals surface area contributed by atoms with Crippen molar-refractivity contribution in [2.24, 2.45) is 0 Å². The predicted octanol–water partition coefficient (Wildman–Crippen LogP) is 6.71. The molecule has 4 aromatic heterocycles. The van der Waals surface area contributed by atoms with E-state index in [0.29, 0.717) is 48.5 Å². The third-order valence-corrected chi connectivity index (χ3v) is 9.57. The molecule has 0 atom stereocenters. The Morgan fingerprint density at radius 1 is 0.766 bits per heavy atom. The average Bonchev–Trinajstić information content (AvgIpc) is 3.83. The van der Waals surface area contributed by atoms with Gasteiger partial charge in [-0.25, -0.2) is 21.8 Å². The molecule has 0 bridgehead atoms. The van der Waals surface area contributed by atoms with Crippen LogP contribution in [-0.4, -0.2) is 43.5 Å². The Labute approximate surface area is 271 Å². The standard InChI is InChI=1S/C36H31FN6O3S/c1-26-10-12-33(13-11-26)47(44,45)43-24-35(31-20-40-42(23-31)21-28-8-5-9-32(37)16-28)34-17-29(18-38-36(34)43)30-19-39-41(22-30)14-15-46-25-27-6-3-2-4-7-27/h2-13,16-20,22-24H,14-15,21,25H2,1H3. The normalized spacial score (nSPS) is 11.8. The number of ether oxygens (including phenoxy) is 1. The van der Waals surface area contributed by atoms with Crippen molar-refractivity contribution in [2.75, 3.05) is 6.61 Å². The highest BCUT2D eigenvalue weighted by Gasteiger charge is 2.24. The van der Waals surface area contributed by atoms with Crippen molar-refractivity contribution in [3.8, 4) is 22.3 Å². The average molecular weight is 647 g/mol. The van der Waals surface area contributed by atoms with Gasteiger partial charge in [0, 0.05) is 52.4 Å². The van der Waals surface area contributed by atoms with Gasteiger partial charge in [0.15, 0.2) is 5.65 Å². The molecule has 47 heavy (non-hydrogen) atoms. The molecular weight excluding hydrogens is 616 g/mol. The summed E-state index contributed by atoms with van der Waals surface area (Å²) in [6, 6.07) is 25.0. The second kappa shape index (κ2) is 12.8.